The molecule has 1 aromatic heterocycles. The Morgan fingerprint density at radius 2 is 1.87 bits per heavy atom. The van der Waals surface area contributed by atoms with Crippen LogP contribution in [0.3, 0.4) is 0 Å². The Morgan fingerprint density at radius 1 is 1.10 bits per heavy atom. The molecule has 7 nitrogen and oxygen atoms in total. The number of hydrogen-bond donors (Lipinski definition) is 2. The molecule has 0 radical (unpaired) electrons. The van der Waals surface area contributed by atoms with E-state index in [1.165, 1.54) is 0 Å². The summed E-state index contributed by atoms with van der Waals surface area (Å²) >= 11 is 0. The fraction of sp³-hybridized carbons (Fsp3) is 0.261. The second-order valence-electron chi connectivity index (χ2n) is 7.84. The minimum Gasteiger partial charge on any atom is -0.373 e. The standard InChI is InChI=1S/C23H21N3O4/c27-20-14-18(30-25-20)21(28)26-13-12-23(16-8-4-5-9-17(16)24-22(23)29)19(26)11-10-15-6-2-1-3-7-15/h1-9,14,19H,10-13H2,(H,24,29)(H,25,27)/t19-,23+/m0/s1. The van der Waals surface area contributed by atoms with E-state index in [4.69, 9.17) is 4.52 Å². The van der Waals surface area contributed by atoms with Crippen LogP contribution in [0.15, 0.2) is 70.0 Å². The number of nitrogens with zero attached hydrogens (tertiary/aromatic N) is 1. The first kappa shape index (κ1) is 18.4. The lowest BCUT2D eigenvalue weighted by molar-refractivity contribution is -0.121. The number of fused-ring (bicyclic) bond motifs is 2. The number of H-pyrrole nitrogens is 1. The molecule has 2 amide bonds. The van der Waals surface area contributed by atoms with Crippen molar-refractivity contribution in [2.45, 2.75) is 30.7 Å². The van der Waals surface area contributed by atoms with Gasteiger partial charge >= 0.3 is 0 Å². The Bertz CT molecular complexity index is 1170. The molecule has 0 saturated carbocycles. The van der Waals surface area contributed by atoms with Crippen molar-refractivity contribution in [3.63, 3.8) is 0 Å². The zero-order chi connectivity index (χ0) is 20.7. The molecule has 0 bridgehead atoms. The molecule has 1 spiro atoms. The largest absolute Gasteiger partial charge is 0.373 e. The molecule has 2 N–H and O–H groups in total. The van der Waals surface area contributed by atoms with E-state index in [2.05, 4.69) is 10.5 Å². The van der Waals surface area contributed by atoms with Gasteiger partial charge in [0, 0.05) is 12.2 Å². The highest BCUT2D eigenvalue weighted by atomic mass is 16.5. The van der Waals surface area contributed by atoms with Gasteiger partial charge in [-0.2, -0.15) is 5.16 Å². The number of aryl methyl sites for hydroxylation is 1. The molecule has 152 valence electrons. The molecular weight excluding hydrogens is 382 g/mol. The van der Waals surface area contributed by atoms with Crippen molar-refractivity contribution >= 4 is 17.5 Å². The van der Waals surface area contributed by atoms with Gasteiger partial charge < -0.3 is 14.7 Å². The van der Waals surface area contributed by atoms with Gasteiger partial charge in [0.2, 0.25) is 11.7 Å². The van der Waals surface area contributed by atoms with Crippen LogP contribution < -0.4 is 10.9 Å². The Morgan fingerprint density at radius 3 is 2.63 bits per heavy atom. The molecule has 1 saturated heterocycles. The number of aromatic nitrogens is 1. The van der Waals surface area contributed by atoms with Gasteiger partial charge in [-0.15, -0.1) is 0 Å². The Labute approximate surface area is 172 Å². The molecule has 2 aliphatic rings. The molecule has 0 unspecified atom stereocenters. The quantitative estimate of drug-likeness (QED) is 0.700. The first-order chi connectivity index (χ1) is 14.6. The summed E-state index contributed by atoms with van der Waals surface area (Å²) in [6.07, 6.45) is 1.87. The Balaban J connectivity index is 1.54. The van der Waals surface area contributed by atoms with Gasteiger partial charge in [-0.25, -0.2) is 0 Å². The van der Waals surface area contributed by atoms with Crippen molar-refractivity contribution < 1.29 is 14.1 Å². The molecule has 3 aromatic rings. The van der Waals surface area contributed by atoms with Crippen molar-refractivity contribution in [2.75, 3.05) is 11.9 Å². The van der Waals surface area contributed by atoms with Crippen LogP contribution >= 0.6 is 0 Å². The van der Waals surface area contributed by atoms with E-state index in [0.29, 0.717) is 19.4 Å². The highest BCUT2D eigenvalue weighted by Crippen LogP contribution is 2.49. The van der Waals surface area contributed by atoms with Crippen LogP contribution in [0.1, 0.15) is 34.5 Å². The van der Waals surface area contributed by atoms with Gasteiger partial charge in [-0.3, -0.25) is 14.4 Å². The number of aromatic amines is 1. The molecule has 0 aliphatic carbocycles. The second-order valence-corrected chi connectivity index (χ2v) is 7.84. The summed E-state index contributed by atoms with van der Waals surface area (Å²) in [5, 5.41) is 5.18. The summed E-state index contributed by atoms with van der Waals surface area (Å²) in [6, 6.07) is 18.5. The molecule has 2 aromatic carbocycles. The summed E-state index contributed by atoms with van der Waals surface area (Å²) in [7, 11) is 0. The summed E-state index contributed by atoms with van der Waals surface area (Å²) in [5.41, 5.74) is 1.61. The lowest BCUT2D eigenvalue weighted by Gasteiger charge is -2.33. The third-order valence-electron chi connectivity index (χ3n) is 6.30. The lowest BCUT2D eigenvalue weighted by atomic mass is 9.73. The minimum atomic E-state index is -0.808. The Kier molecular flexibility index (Phi) is 4.31. The van der Waals surface area contributed by atoms with Crippen LogP contribution in [0.4, 0.5) is 5.69 Å². The number of hydrogen-bond acceptors (Lipinski definition) is 4. The van der Waals surface area contributed by atoms with Gasteiger partial charge in [0.05, 0.1) is 17.5 Å². The summed E-state index contributed by atoms with van der Waals surface area (Å²) in [5.74, 6) is -0.485. The number of carbonyl (C=O) groups excluding carboxylic acids is 2. The molecule has 2 atom stereocenters. The van der Waals surface area contributed by atoms with Gasteiger partial charge in [0.1, 0.15) is 0 Å². The lowest BCUT2D eigenvalue weighted by Crippen LogP contribution is -2.49. The zero-order valence-corrected chi connectivity index (χ0v) is 16.3. The first-order valence-corrected chi connectivity index (χ1v) is 10.0. The van der Waals surface area contributed by atoms with Crippen molar-refractivity contribution in [1.82, 2.24) is 10.1 Å². The van der Waals surface area contributed by atoms with Gasteiger partial charge in [0.15, 0.2) is 0 Å². The molecule has 2 aliphatic heterocycles. The molecule has 30 heavy (non-hydrogen) atoms. The van der Waals surface area contributed by atoms with Gasteiger partial charge in [0.25, 0.3) is 11.5 Å². The van der Waals surface area contributed by atoms with E-state index in [1.807, 2.05) is 54.6 Å². The van der Waals surface area contributed by atoms with Crippen molar-refractivity contribution in [2.24, 2.45) is 0 Å². The average Bonchev–Trinajstić information content (AvgIpc) is 3.44. The maximum absolute atomic E-state index is 13.3. The van der Waals surface area contributed by atoms with Gasteiger partial charge in [-0.05, 0) is 36.5 Å². The topological polar surface area (TPSA) is 95.4 Å². The molecule has 1 fully saturated rings. The maximum atomic E-state index is 13.3. The van der Waals surface area contributed by atoms with Crippen LogP contribution in [-0.4, -0.2) is 34.5 Å². The predicted molar refractivity (Wildman–Crippen MR) is 110 cm³/mol. The Hall–Kier alpha value is -3.61. The molecule has 3 heterocycles. The van der Waals surface area contributed by atoms with E-state index in [-0.39, 0.29) is 23.6 Å². The number of rotatable bonds is 4. The van der Waals surface area contributed by atoms with Crippen LogP contribution in [-0.2, 0) is 16.6 Å². The fourth-order valence-electron chi connectivity index (χ4n) is 4.93. The third kappa shape index (κ3) is 2.77. The minimum absolute atomic E-state index is 0.0338. The fourth-order valence-corrected chi connectivity index (χ4v) is 4.93. The first-order valence-electron chi connectivity index (χ1n) is 10.0. The van der Waals surface area contributed by atoms with Crippen LogP contribution in [0.2, 0.25) is 0 Å². The van der Waals surface area contributed by atoms with Crippen molar-refractivity contribution in [1.29, 1.82) is 0 Å². The monoisotopic (exact) mass is 403 g/mol. The highest BCUT2D eigenvalue weighted by Gasteiger charge is 2.58. The molecule has 5 rings (SSSR count). The van der Waals surface area contributed by atoms with Crippen molar-refractivity contribution in [3.8, 4) is 0 Å². The zero-order valence-electron chi connectivity index (χ0n) is 16.3. The van der Waals surface area contributed by atoms with E-state index in [0.717, 1.165) is 29.3 Å². The van der Waals surface area contributed by atoms with Crippen LogP contribution in [0.25, 0.3) is 0 Å². The van der Waals surface area contributed by atoms with E-state index in [1.54, 1.807) is 4.90 Å². The average molecular weight is 403 g/mol. The molecular formula is C23H21N3O4. The van der Waals surface area contributed by atoms with E-state index >= 15 is 0 Å². The number of likely N-dealkylation sites (tertiary alicyclic amines) is 1. The van der Waals surface area contributed by atoms with Gasteiger partial charge in [-0.1, -0.05) is 48.5 Å². The highest BCUT2D eigenvalue weighted by molar-refractivity contribution is 6.08. The van der Waals surface area contributed by atoms with E-state index < -0.39 is 11.0 Å². The normalized spacial score (nSPS) is 22.3. The van der Waals surface area contributed by atoms with Crippen molar-refractivity contribution in [3.05, 3.63) is 87.9 Å². The number of benzene rings is 2. The SMILES string of the molecule is O=C(c1cc(=O)[nH]o1)N1CC[C@]2(C(=O)Nc3ccccc32)[C@@H]1CCc1ccccc1. The predicted octanol–water partition coefficient (Wildman–Crippen LogP) is 2.71. The number of para-hydroxylation sites is 1. The summed E-state index contributed by atoms with van der Waals surface area (Å²) in [6.45, 7) is 0.412. The number of anilines is 1. The third-order valence-corrected chi connectivity index (χ3v) is 6.30. The number of carbonyl (C=O) groups is 2. The van der Waals surface area contributed by atoms with Crippen LogP contribution in [0.5, 0.6) is 0 Å². The maximum Gasteiger partial charge on any atom is 0.292 e. The second kappa shape index (κ2) is 7.02. The van der Waals surface area contributed by atoms with E-state index in [9.17, 15) is 14.4 Å². The summed E-state index contributed by atoms with van der Waals surface area (Å²) < 4.78 is 5.07. The number of nitrogens with one attached hydrogen (secondary N) is 2. The molecule has 7 heteroatoms. The smallest absolute Gasteiger partial charge is 0.292 e. The van der Waals surface area contributed by atoms with Crippen LogP contribution in [0, 0.1) is 0 Å². The number of amides is 2. The summed E-state index contributed by atoms with van der Waals surface area (Å²) in [4.78, 5) is 39.6.